The normalized spacial score (nSPS) is 11.1. The largest absolute Gasteiger partial charge is 0.268 e. The molecule has 0 spiro atoms. The number of fused-ring (bicyclic) bond motifs is 1. The molecule has 0 amide bonds. The number of para-hydroxylation sites is 2. The Morgan fingerprint density at radius 3 is 2.28 bits per heavy atom. The Hall–Kier alpha value is -2.50. The second-order valence-corrected chi connectivity index (χ2v) is 8.75. The van der Waals surface area contributed by atoms with E-state index in [1.807, 2.05) is 56.3 Å². The molecule has 146 valence electrons. The molecular formula is C24H22N2OS2. The predicted octanol–water partition coefficient (Wildman–Crippen LogP) is 6.02. The molecule has 0 aliphatic heterocycles. The average Bonchev–Trinajstić information content (AvgIpc) is 2.74. The van der Waals surface area contributed by atoms with Gasteiger partial charge in [-0.2, -0.15) is 0 Å². The van der Waals surface area contributed by atoms with E-state index in [1.54, 1.807) is 28.1 Å². The van der Waals surface area contributed by atoms with Crippen LogP contribution in [0, 0.1) is 13.8 Å². The number of hydrogen-bond acceptors (Lipinski definition) is 4. The Balaban J connectivity index is 1.84. The minimum absolute atomic E-state index is 0.0202. The van der Waals surface area contributed by atoms with E-state index in [-0.39, 0.29) is 5.56 Å². The number of aryl methyl sites for hydroxylation is 2. The quantitative estimate of drug-likeness (QED) is 0.293. The molecule has 4 aromatic rings. The zero-order valence-electron chi connectivity index (χ0n) is 16.7. The lowest BCUT2D eigenvalue weighted by molar-refractivity contribution is 0.809. The van der Waals surface area contributed by atoms with Gasteiger partial charge in [-0.1, -0.05) is 54.2 Å². The molecule has 4 rings (SSSR count). The van der Waals surface area contributed by atoms with E-state index in [0.717, 1.165) is 33.2 Å². The molecule has 5 heteroatoms. The molecule has 0 N–H and O–H groups in total. The summed E-state index contributed by atoms with van der Waals surface area (Å²) in [6.45, 7) is 4.08. The SMILES string of the molecule is CSc1ccc(CSc2nc3ccccc3c(=O)n2-c2c(C)cccc2C)cc1. The summed E-state index contributed by atoms with van der Waals surface area (Å²) >= 11 is 3.33. The minimum Gasteiger partial charge on any atom is -0.268 e. The first-order chi connectivity index (χ1) is 14.1. The van der Waals surface area contributed by atoms with E-state index in [9.17, 15) is 4.79 Å². The van der Waals surface area contributed by atoms with E-state index in [0.29, 0.717) is 5.39 Å². The highest BCUT2D eigenvalue weighted by Crippen LogP contribution is 2.28. The molecule has 0 aliphatic carbocycles. The lowest BCUT2D eigenvalue weighted by Crippen LogP contribution is -2.23. The summed E-state index contributed by atoms with van der Waals surface area (Å²) in [7, 11) is 0. The van der Waals surface area contributed by atoms with E-state index in [1.165, 1.54) is 10.5 Å². The standard InChI is InChI=1S/C24H22N2OS2/c1-16-7-6-8-17(2)22(16)26-23(27)20-9-4-5-10-21(20)25-24(26)29-15-18-11-13-19(28-3)14-12-18/h4-14H,15H2,1-3H3. The fourth-order valence-corrected chi connectivity index (χ4v) is 4.80. The number of aromatic nitrogens is 2. The van der Waals surface area contributed by atoms with Crippen molar-refractivity contribution in [2.75, 3.05) is 6.26 Å². The summed E-state index contributed by atoms with van der Waals surface area (Å²) in [6.07, 6.45) is 2.08. The molecule has 3 aromatic carbocycles. The lowest BCUT2D eigenvalue weighted by atomic mass is 10.1. The monoisotopic (exact) mass is 418 g/mol. The van der Waals surface area contributed by atoms with Gasteiger partial charge in [0.05, 0.1) is 16.6 Å². The van der Waals surface area contributed by atoms with E-state index >= 15 is 0 Å². The third-order valence-corrected chi connectivity index (χ3v) is 6.69. The van der Waals surface area contributed by atoms with Crippen LogP contribution in [0.3, 0.4) is 0 Å². The van der Waals surface area contributed by atoms with E-state index in [4.69, 9.17) is 4.98 Å². The summed E-state index contributed by atoms with van der Waals surface area (Å²) in [6, 6.07) is 22.2. The van der Waals surface area contributed by atoms with Crippen molar-refractivity contribution in [3.63, 3.8) is 0 Å². The Kier molecular flexibility index (Phi) is 5.79. The molecule has 0 saturated carbocycles. The van der Waals surface area contributed by atoms with Crippen LogP contribution in [0.5, 0.6) is 0 Å². The van der Waals surface area contributed by atoms with Gasteiger partial charge in [0.25, 0.3) is 5.56 Å². The van der Waals surface area contributed by atoms with Crippen LogP contribution in [0.1, 0.15) is 16.7 Å². The Labute approximate surface area is 179 Å². The van der Waals surface area contributed by atoms with Gasteiger partial charge in [-0.25, -0.2) is 4.98 Å². The van der Waals surface area contributed by atoms with Gasteiger partial charge in [0.2, 0.25) is 0 Å². The van der Waals surface area contributed by atoms with Gasteiger partial charge >= 0.3 is 0 Å². The molecule has 1 aromatic heterocycles. The van der Waals surface area contributed by atoms with E-state index < -0.39 is 0 Å². The maximum absolute atomic E-state index is 13.5. The van der Waals surface area contributed by atoms with Crippen LogP contribution in [-0.4, -0.2) is 15.8 Å². The van der Waals surface area contributed by atoms with Crippen molar-refractivity contribution in [1.29, 1.82) is 0 Å². The highest BCUT2D eigenvalue weighted by atomic mass is 32.2. The van der Waals surface area contributed by atoms with Crippen molar-refractivity contribution in [1.82, 2.24) is 9.55 Å². The summed E-state index contributed by atoms with van der Waals surface area (Å²) in [5.41, 5.74) is 4.98. The molecule has 0 radical (unpaired) electrons. The van der Waals surface area contributed by atoms with Crippen molar-refractivity contribution >= 4 is 34.4 Å². The molecule has 0 atom stereocenters. The summed E-state index contributed by atoms with van der Waals surface area (Å²) in [4.78, 5) is 19.6. The van der Waals surface area contributed by atoms with Crippen LogP contribution in [-0.2, 0) is 5.75 Å². The van der Waals surface area contributed by atoms with Crippen molar-refractivity contribution in [2.24, 2.45) is 0 Å². The lowest BCUT2D eigenvalue weighted by Gasteiger charge is -2.17. The van der Waals surface area contributed by atoms with Gasteiger partial charge in [-0.3, -0.25) is 9.36 Å². The Morgan fingerprint density at radius 1 is 0.897 bits per heavy atom. The fraction of sp³-hybridized carbons (Fsp3) is 0.167. The Morgan fingerprint density at radius 2 is 1.59 bits per heavy atom. The van der Waals surface area contributed by atoms with Crippen molar-refractivity contribution < 1.29 is 0 Å². The first kappa shape index (κ1) is 19.8. The molecule has 0 aliphatic rings. The van der Waals surface area contributed by atoms with Crippen LogP contribution in [0.2, 0.25) is 0 Å². The average molecular weight is 419 g/mol. The maximum Gasteiger partial charge on any atom is 0.266 e. The zero-order valence-corrected chi connectivity index (χ0v) is 18.3. The predicted molar refractivity (Wildman–Crippen MR) is 125 cm³/mol. The molecule has 0 bridgehead atoms. The minimum atomic E-state index is -0.0202. The number of hydrogen-bond donors (Lipinski definition) is 0. The number of thioether (sulfide) groups is 2. The molecule has 0 saturated heterocycles. The van der Waals surface area contributed by atoms with Crippen molar-refractivity contribution in [2.45, 2.75) is 29.7 Å². The molecule has 0 fully saturated rings. The third kappa shape index (κ3) is 3.98. The fourth-order valence-electron chi connectivity index (χ4n) is 3.43. The first-order valence-corrected chi connectivity index (χ1v) is 11.6. The van der Waals surface area contributed by atoms with Crippen molar-refractivity contribution in [3.05, 3.63) is 93.8 Å². The van der Waals surface area contributed by atoms with Crippen LogP contribution in [0.4, 0.5) is 0 Å². The number of rotatable bonds is 5. The second-order valence-electron chi connectivity index (χ2n) is 6.93. The number of nitrogens with zero attached hydrogens (tertiary/aromatic N) is 2. The smallest absolute Gasteiger partial charge is 0.266 e. The number of benzene rings is 3. The maximum atomic E-state index is 13.5. The topological polar surface area (TPSA) is 34.9 Å². The van der Waals surface area contributed by atoms with Gasteiger partial charge in [0, 0.05) is 10.6 Å². The van der Waals surface area contributed by atoms with Crippen LogP contribution >= 0.6 is 23.5 Å². The Bertz CT molecular complexity index is 1210. The van der Waals surface area contributed by atoms with Crippen LogP contribution in [0.15, 0.2) is 81.6 Å². The van der Waals surface area contributed by atoms with Gasteiger partial charge in [-0.15, -0.1) is 11.8 Å². The van der Waals surface area contributed by atoms with Crippen LogP contribution in [0.25, 0.3) is 16.6 Å². The summed E-state index contributed by atoms with van der Waals surface area (Å²) in [5.74, 6) is 0.754. The first-order valence-electron chi connectivity index (χ1n) is 9.42. The zero-order chi connectivity index (χ0) is 20.4. The van der Waals surface area contributed by atoms with Crippen LogP contribution < -0.4 is 5.56 Å². The molecular weight excluding hydrogens is 396 g/mol. The van der Waals surface area contributed by atoms with Gasteiger partial charge in [-0.05, 0) is 61.1 Å². The van der Waals surface area contributed by atoms with Gasteiger partial charge < -0.3 is 0 Å². The third-order valence-electron chi connectivity index (χ3n) is 4.94. The van der Waals surface area contributed by atoms with Gasteiger partial charge in [0.1, 0.15) is 0 Å². The second kappa shape index (κ2) is 8.47. The molecule has 0 unspecified atom stereocenters. The summed E-state index contributed by atoms with van der Waals surface area (Å²) in [5, 5.41) is 1.36. The highest BCUT2D eigenvalue weighted by Gasteiger charge is 2.16. The summed E-state index contributed by atoms with van der Waals surface area (Å²) < 4.78 is 1.79. The van der Waals surface area contributed by atoms with Crippen molar-refractivity contribution in [3.8, 4) is 5.69 Å². The molecule has 3 nitrogen and oxygen atoms in total. The van der Waals surface area contributed by atoms with E-state index in [2.05, 4.69) is 30.5 Å². The molecule has 1 heterocycles. The molecule has 29 heavy (non-hydrogen) atoms. The van der Waals surface area contributed by atoms with Gasteiger partial charge in [0.15, 0.2) is 5.16 Å². The highest BCUT2D eigenvalue weighted by molar-refractivity contribution is 7.98.